The average molecular weight is 605 g/mol. The number of rotatable bonds is 32. The van der Waals surface area contributed by atoms with Crippen LogP contribution >= 0.6 is 0 Å². The van der Waals surface area contributed by atoms with Crippen molar-refractivity contribution in [1.29, 1.82) is 0 Å². The number of ether oxygens (including phenoxy) is 11. The zero-order valence-electron chi connectivity index (χ0n) is 24.8. The van der Waals surface area contributed by atoms with Gasteiger partial charge in [-0.05, 0) is 24.3 Å². The normalized spacial score (nSPS) is 11.1. The molecule has 13 heteroatoms. The fourth-order valence-electron chi connectivity index (χ4n) is 2.97. The molecule has 0 saturated carbocycles. The molecule has 242 valence electrons. The Bertz CT molecular complexity index is 733. The highest BCUT2D eigenvalue weighted by molar-refractivity contribution is 5.74. The number of carbonyl (C=O) groups is 2. The second kappa shape index (κ2) is 30.3. The van der Waals surface area contributed by atoms with E-state index in [1.807, 2.05) is 0 Å². The summed E-state index contributed by atoms with van der Waals surface area (Å²) < 4.78 is 59.0. The number of aldehydes is 1. The third kappa shape index (κ3) is 26.7. The first-order valence-electron chi connectivity index (χ1n) is 14.2. The smallest absolute Gasteiger partial charge is 0.302 e. The highest BCUT2D eigenvalue weighted by Crippen LogP contribution is 2.10. The van der Waals surface area contributed by atoms with E-state index in [1.165, 1.54) is 6.92 Å². The number of hydrogen-bond donors (Lipinski definition) is 0. The van der Waals surface area contributed by atoms with Crippen LogP contribution in [-0.2, 0) is 52.2 Å². The van der Waals surface area contributed by atoms with Gasteiger partial charge in [0.15, 0.2) is 0 Å². The molecule has 0 bridgehead atoms. The zero-order chi connectivity index (χ0) is 30.2. The Morgan fingerprint density at radius 1 is 0.476 bits per heavy atom. The van der Waals surface area contributed by atoms with Crippen LogP contribution in [0.25, 0.3) is 0 Å². The molecule has 42 heavy (non-hydrogen) atoms. The molecule has 0 saturated heterocycles. The lowest BCUT2D eigenvalue weighted by Crippen LogP contribution is -2.15. The van der Waals surface area contributed by atoms with E-state index in [0.29, 0.717) is 137 Å². The average Bonchev–Trinajstić information content (AvgIpc) is 3.00. The van der Waals surface area contributed by atoms with E-state index in [0.717, 1.165) is 6.29 Å². The summed E-state index contributed by atoms with van der Waals surface area (Å²) in [4.78, 5) is 21.2. The number of benzene rings is 1. The van der Waals surface area contributed by atoms with Crippen LogP contribution in [0.2, 0.25) is 0 Å². The Morgan fingerprint density at radius 2 is 0.762 bits per heavy atom. The van der Waals surface area contributed by atoms with Crippen LogP contribution in [0, 0.1) is 0 Å². The first kappa shape index (κ1) is 37.8. The van der Waals surface area contributed by atoms with E-state index in [4.69, 9.17) is 52.1 Å². The van der Waals surface area contributed by atoms with Gasteiger partial charge in [0.25, 0.3) is 0 Å². The van der Waals surface area contributed by atoms with Gasteiger partial charge in [0.2, 0.25) is 0 Å². The lowest BCUT2D eigenvalue weighted by atomic mass is 10.2. The molecule has 1 aromatic carbocycles. The largest absolute Gasteiger partial charge is 0.491 e. The van der Waals surface area contributed by atoms with E-state index in [2.05, 4.69) is 0 Å². The maximum atomic E-state index is 10.6. The van der Waals surface area contributed by atoms with Gasteiger partial charge in [-0.15, -0.1) is 0 Å². The molecular weight excluding hydrogens is 556 g/mol. The second-order valence-electron chi connectivity index (χ2n) is 8.39. The fraction of sp³-hybridized carbons (Fsp3) is 0.724. The van der Waals surface area contributed by atoms with Crippen molar-refractivity contribution in [3.05, 3.63) is 29.8 Å². The summed E-state index contributed by atoms with van der Waals surface area (Å²) in [5.74, 6) is 0.387. The summed E-state index contributed by atoms with van der Waals surface area (Å²) in [6.45, 7) is 10.6. The standard InChI is InChI=1S/C29H48O13/c1-27(31)41-24-22-39-20-18-37-16-14-35-12-10-33-8-6-32-7-9-34-11-13-36-15-17-38-19-21-40-23-25-42-29-4-2-28(26-30)3-5-29/h2-5,26H,6-25H2,1H3. The third-order valence-electron chi connectivity index (χ3n) is 5.02. The van der Waals surface area contributed by atoms with Gasteiger partial charge in [-0.3, -0.25) is 9.59 Å². The topological polar surface area (TPSA) is 136 Å². The monoisotopic (exact) mass is 604 g/mol. The second-order valence-corrected chi connectivity index (χ2v) is 8.39. The van der Waals surface area contributed by atoms with Gasteiger partial charge >= 0.3 is 5.97 Å². The van der Waals surface area contributed by atoms with Crippen LogP contribution in [0.4, 0.5) is 0 Å². The minimum atomic E-state index is -0.314. The van der Waals surface area contributed by atoms with E-state index in [-0.39, 0.29) is 12.6 Å². The Labute approximate surface area is 248 Å². The molecule has 0 spiro atoms. The zero-order valence-corrected chi connectivity index (χ0v) is 24.8. The number of esters is 1. The summed E-state index contributed by atoms with van der Waals surface area (Å²) in [5, 5.41) is 0. The van der Waals surface area contributed by atoms with Gasteiger partial charge in [-0.25, -0.2) is 0 Å². The van der Waals surface area contributed by atoms with Crippen LogP contribution in [0.15, 0.2) is 24.3 Å². The summed E-state index contributed by atoms with van der Waals surface area (Å²) in [5.41, 5.74) is 0.615. The minimum absolute atomic E-state index is 0.255. The van der Waals surface area contributed by atoms with Crippen molar-refractivity contribution in [1.82, 2.24) is 0 Å². The van der Waals surface area contributed by atoms with E-state index in [1.54, 1.807) is 24.3 Å². The van der Waals surface area contributed by atoms with Crippen LogP contribution in [-0.4, -0.2) is 144 Å². The first-order valence-corrected chi connectivity index (χ1v) is 14.2. The highest BCUT2D eigenvalue weighted by Gasteiger charge is 1.98. The van der Waals surface area contributed by atoms with Crippen molar-refractivity contribution < 1.29 is 61.7 Å². The first-order chi connectivity index (χ1) is 20.7. The molecule has 0 radical (unpaired) electrons. The molecule has 0 N–H and O–H groups in total. The van der Waals surface area contributed by atoms with Crippen LogP contribution < -0.4 is 4.74 Å². The van der Waals surface area contributed by atoms with Crippen LogP contribution in [0.5, 0.6) is 5.75 Å². The quantitative estimate of drug-likeness (QED) is 0.0670. The van der Waals surface area contributed by atoms with Gasteiger partial charge in [0, 0.05) is 12.5 Å². The maximum absolute atomic E-state index is 10.6. The predicted octanol–water partition coefficient (Wildman–Crippen LogP) is 1.59. The maximum Gasteiger partial charge on any atom is 0.302 e. The van der Waals surface area contributed by atoms with Crippen LogP contribution in [0.3, 0.4) is 0 Å². The minimum Gasteiger partial charge on any atom is -0.491 e. The van der Waals surface area contributed by atoms with Crippen molar-refractivity contribution >= 4 is 12.3 Å². The van der Waals surface area contributed by atoms with E-state index < -0.39 is 0 Å². The van der Waals surface area contributed by atoms with Gasteiger partial charge in [-0.1, -0.05) is 0 Å². The lowest BCUT2D eigenvalue weighted by molar-refractivity contribution is -0.142. The Balaban J connectivity index is 1.65. The molecule has 0 unspecified atom stereocenters. The fourth-order valence-corrected chi connectivity index (χ4v) is 2.97. The van der Waals surface area contributed by atoms with Crippen molar-refractivity contribution in [3.63, 3.8) is 0 Å². The Kier molecular flexibility index (Phi) is 27.3. The molecule has 0 atom stereocenters. The Hall–Kier alpha value is -2.20. The Morgan fingerprint density at radius 3 is 1.05 bits per heavy atom. The predicted molar refractivity (Wildman–Crippen MR) is 151 cm³/mol. The molecule has 1 rings (SSSR count). The molecule has 0 amide bonds. The molecule has 0 aliphatic carbocycles. The summed E-state index contributed by atoms with van der Waals surface area (Å²) in [6.07, 6.45) is 0.795. The van der Waals surface area contributed by atoms with Crippen molar-refractivity contribution in [2.75, 3.05) is 132 Å². The lowest BCUT2D eigenvalue weighted by Gasteiger charge is -2.09. The van der Waals surface area contributed by atoms with Crippen molar-refractivity contribution in [2.45, 2.75) is 6.92 Å². The van der Waals surface area contributed by atoms with Crippen molar-refractivity contribution in [3.8, 4) is 5.75 Å². The van der Waals surface area contributed by atoms with Gasteiger partial charge in [0.1, 0.15) is 25.2 Å². The summed E-state index contributed by atoms with van der Waals surface area (Å²) in [7, 11) is 0. The molecule has 0 aliphatic heterocycles. The summed E-state index contributed by atoms with van der Waals surface area (Å²) in [6, 6.07) is 6.92. The SMILES string of the molecule is CC(=O)OCCOCCOCCOCCOCCOCCOCCOCCOCCOCCOc1ccc(C=O)cc1. The molecule has 0 aliphatic rings. The van der Waals surface area contributed by atoms with Gasteiger partial charge in [-0.2, -0.15) is 0 Å². The van der Waals surface area contributed by atoms with Crippen LogP contribution in [0.1, 0.15) is 17.3 Å². The van der Waals surface area contributed by atoms with E-state index in [9.17, 15) is 9.59 Å². The molecule has 13 nitrogen and oxygen atoms in total. The number of carbonyl (C=O) groups excluding carboxylic acids is 2. The molecule has 0 fully saturated rings. The van der Waals surface area contributed by atoms with Gasteiger partial charge < -0.3 is 52.1 Å². The molecule has 1 aromatic rings. The molecular formula is C29H48O13. The van der Waals surface area contributed by atoms with Crippen molar-refractivity contribution in [2.24, 2.45) is 0 Å². The highest BCUT2D eigenvalue weighted by atomic mass is 16.6. The van der Waals surface area contributed by atoms with Gasteiger partial charge in [0.05, 0.1) is 119 Å². The number of hydrogen-bond acceptors (Lipinski definition) is 13. The van der Waals surface area contributed by atoms with E-state index >= 15 is 0 Å². The third-order valence-corrected chi connectivity index (χ3v) is 5.02. The summed E-state index contributed by atoms with van der Waals surface area (Å²) >= 11 is 0. The molecule has 0 aromatic heterocycles. The molecule has 0 heterocycles.